The number of pyridine rings is 1. The van der Waals surface area contributed by atoms with Gasteiger partial charge in [-0.25, -0.2) is 8.42 Å². The molecule has 21 heavy (non-hydrogen) atoms. The maximum absolute atomic E-state index is 11.2. The zero-order chi connectivity index (χ0) is 15.5. The Bertz CT molecular complexity index is 716. The van der Waals surface area contributed by atoms with Gasteiger partial charge in [0.1, 0.15) is 5.75 Å². The first kappa shape index (κ1) is 16.0. The molecule has 6 heteroatoms. The summed E-state index contributed by atoms with van der Waals surface area (Å²) in [5.41, 5.74) is 0.897. The number of fused-ring (bicyclic) bond motifs is 1. The number of para-hydroxylation sites is 1. The van der Waals surface area contributed by atoms with Crippen LogP contribution in [-0.2, 0) is 9.05 Å². The van der Waals surface area contributed by atoms with E-state index in [9.17, 15) is 8.42 Å². The van der Waals surface area contributed by atoms with E-state index >= 15 is 0 Å². The van der Waals surface area contributed by atoms with E-state index < -0.39 is 9.05 Å². The quantitative estimate of drug-likeness (QED) is 0.762. The largest absolute Gasteiger partial charge is 0.492 e. The number of halogens is 1. The van der Waals surface area contributed by atoms with Crippen molar-refractivity contribution in [1.29, 1.82) is 0 Å². The van der Waals surface area contributed by atoms with Gasteiger partial charge in [-0.05, 0) is 18.1 Å². The summed E-state index contributed by atoms with van der Waals surface area (Å²) in [7, 11) is 1.81. The summed E-state index contributed by atoms with van der Waals surface area (Å²) in [5, 5.41) is 0.987. The van der Waals surface area contributed by atoms with Crippen molar-refractivity contribution < 1.29 is 13.2 Å². The molecule has 4 nitrogen and oxygen atoms in total. The molecule has 0 aliphatic heterocycles. The summed E-state index contributed by atoms with van der Waals surface area (Å²) in [6, 6.07) is 9.64. The highest BCUT2D eigenvalue weighted by Gasteiger charge is 2.21. The van der Waals surface area contributed by atoms with Gasteiger partial charge in [-0.1, -0.05) is 32.0 Å². The summed E-state index contributed by atoms with van der Waals surface area (Å²) in [4.78, 5) is 4.31. The molecule has 0 radical (unpaired) electrons. The van der Waals surface area contributed by atoms with Gasteiger partial charge in [-0.15, -0.1) is 0 Å². The van der Waals surface area contributed by atoms with Crippen LogP contribution in [0, 0.1) is 11.8 Å². The Labute approximate surface area is 129 Å². The van der Waals surface area contributed by atoms with Crippen LogP contribution in [0.2, 0.25) is 0 Å². The highest BCUT2D eigenvalue weighted by atomic mass is 35.7. The Hall–Kier alpha value is -1.33. The molecule has 0 saturated heterocycles. The maximum atomic E-state index is 11.2. The van der Waals surface area contributed by atoms with E-state index in [1.54, 1.807) is 6.20 Å². The van der Waals surface area contributed by atoms with Crippen LogP contribution in [0.3, 0.4) is 0 Å². The van der Waals surface area contributed by atoms with Crippen LogP contribution in [-0.4, -0.2) is 25.8 Å². The second kappa shape index (κ2) is 6.62. The molecule has 0 aliphatic carbocycles. The van der Waals surface area contributed by atoms with E-state index in [1.165, 1.54) is 0 Å². The van der Waals surface area contributed by atoms with Crippen molar-refractivity contribution in [3.63, 3.8) is 0 Å². The Kier molecular flexibility index (Phi) is 5.06. The van der Waals surface area contributed by atoms with Crippen molar-refractivity contribution in [1.82, 2.24) is 4.98 Å². The third-order valence-corrected chi connectivity index (χ3v) is 4.59. The number of nitrogens with zero attached hydrogens (tertiary/aromatic N) is 1. The lowest BCUT2D eigenvalue weighted by Gasteiger charge is -2.19. The maximum Gasteiger partial charge on any atom is 0.233 e. The number of aromatic nitrogens is 1. The molecule has 0 bridgehead atoms. The van der Waals surface area contributed by atoms with E-state index in [2.05, 4.69) is 4.98 Å². The SMILES string of the molecule is CC(C)C(COc1cnc2ccccc2c1)CS(=O)(=O)Cl. The Morgan fingerprint density at radius 2 is 2.00 bits per heavy atom. The molecule has 114 valence electrons. The Morgan fingerprint density at radius 1 is 1.29 bits per heavy atom. The number of benzene rings is 1. The monoisotopic (exact) mass is 327 g/mol. The van der Waals surface area contributed by atoms with Crippen LogP contribution < -0.4 is 4.74 Å². The fourth-order valence-corrected chi connectivity index (χ4v) is 3.50. The summed E-state index contributed by atoms with van der Waals surface area (Å²) in [6.45, 7) is 4.20. The number of rotatable bonds is 6. The lowest BCUT2D eigenvalue weighted by molar-refractivity contribution is 0.225. The number of hydrogen-bond donors (Lipinski definition) is 0. The first-order chi connectivity index (χ1) is 9.85. The van der Waals surface area contributed by atoms with Crippen LogP contribution >= 0.6 is 10.7 Å². The Balaban J connectivity index is 2.08. The normalized spacial score (nSPS) is 13.5. The second-order valence-electron chi connectivity index (χ2n) is 5.38. The minimum Gasteiger partial charge on any atom is -0.492 e. The predicted octanol–water partition coefficient (Wildman–Crippen LogP) is 3.45. The first-order valence-corrected chi connectivity index (χ1v) is 9.23. The minimum absolute atomic E-state index is 0.0900. The average molecular weight is 328 g/mol. The molecule has 0 aliphatic rings. The van der Waals surface area contributed by atoms with Crippen LogP contribution in [0.1, 0.15) is 13.8 Å². The lowest BCUT2D eigenvalue weighted by atomic mass is 9.99. The van der Waals surface area contributed by atoms with Crippen LogP contribution in [0.15, 0.2) is 36.5 Å². The average Bonchev–Trinajstić information content (AvgIpc) is 2.41. The highest BCUT2D eigenvalue weighted by Crippen LogP contribution is 2.21. The molecule has 0 saturated carbocycles. The molecule has 0 N–H and O–H groups in total. The van der Waals surface area contributed by atoms with Gasteiger partial charge >= 0.3 is 0 Å². The van der Waals surface area contributed by atoms with Gasteiger partial charge in [-0.3, -0.25) is 4.98 Å². The van der Waals surface area contributed by atoms with Gasteiger partial charge in [0.15, 0.2) is 0 Å². The number of ether oxygens (including phenoxy) is 1. The van der Waals surface area contributed by atoms with Gasteiger partial charge in [0, 0.05) is 22.0 Å². The van der Waals surface area contributed by atoms with Gasteiger partial charge < -0.3 is 4.74 Å². The van der Waals surface area contributed by atoms with E-state index in [4.69, 9.17) is 15.4 Å². The van der Waals surface area contributed by atoms with Gasteiger partial charge in [-0.2, -0.15) is 0 Å². The van der Waals surface area contributed by atoms with Crippen molar-refractivity contribution >= 4 is 30.6 Å². The molecule has 1 aromatic carbocycles. The zero-order valence-corrected chi connectivity index (χ0v) is 13.6. The third kappa shape index (κ3) is 4.86. The zero-order valence-electron chi connectivity index (χ0n) is 12.0. The second-order valence-corrected chi connectivity index (χ2v) is 8.21. The van der Waals surface area contributed by atoms with Crippen LogP contribution in [0.5, 0.6) is 5.75 Å². The van der Waals surface area contributed by atoms with E-state index in [-0.39, 0.29) is 17.6 Å². The summed E-state index contributed by atoms with van der Waals surface area (Å²) >= 11 is 0. The molecule has 1 heterocycles. The van der Waals surface area contributed by atoms with Crippen LogP contribution in [0.25, 0.3) is 10.9 Å². The molecule has 1 atom stereocenters. The van der Waals surface area contributed by atoms with Gasteiger partial charge in [0.2, 0.25) is 9.05 Å². The van der Waals surface area contributed by atoms with Crippen LogP contribution in [0.4, 0.5) is 0 Å². The topological polar surface area (TPSA) is 56.3 Å². The molecular formula is C15H18ClNO3S. The summed E-state index contributed by atoms with van der Waals surface area (Å²) in [6.07, 6.45) is 1.65. The fourth-order valence-electron chi connectivity index (χ4n) is 2.02. The summed E-state index contributed by atoms with van der Waals surface area (Å²) < 4.78 is 28.2. The Morgan fingerprint density at radius 3 is 2.67 bits per heavy atom. The fraction of sp³-hybridized carbons (Fsp3) is 0.400. The minimum atomic E-state index is -3.53. The lowest BCUT2D eigenvalue weighted by Crippen LogP contribution is -2.24. The molecule has 0 spiro atoms. The molecule has 0 amide bonds. The molecule has 2 rings (SSSR count). The predicted molar refractivity (Wildman–Crippen MR) is 85.2 cm³/mol. The van der Waals surface area contributed by atoms with Gasteiger partial charge in [0.25, 0.3) is 0 Å². The highest BCUT2D eigenvalue weighted by molar-refractivity contribution is 8.13. The smallest absolute Gasteiger partial charge is 0.233 e. The molecule has 1 aromatic heterocycles. The van der Waals surface area contributed by atoms with E-state index in [1.807, 2.05) is 44.2 Å². The molecule has 1 unspecified atom stereocenters. The van der Waals surface area contributed by atoms with Crippen molar-refractivity contribution in [2.45, 2.75) is 13.8 Å². The summed E-state index contributed by atoms with van der Waals surface area (Å²) in [5.74, 6) is 0.546. The number of hydrogen-bond acceptors (Lipinski definition) is 4. The molecular weight excluding hydrogens is 310 g/mol. The van der Waals surface area contributed by atoms with Crippen molar-refractivity contribution in [3.05, 3.63) is 36.5 Å². The van der Waals surface area contributed by atoms with E-state index in [0.29, 0.717) is 12.4 Å². The standard InChI is InChI=1S/C15H18ClNO3S/c1-11(2)13(10-21(16,18)19)9-20-14-7-12-5-3-4-6-15(12)17-8-14/h3-8,11,13H,9-10H2,1-2H3. The van der Waals surface area contributed by atoms with E-state index in [0.717, 1.165) is 10.9 Å². The molecule has 2 aromatic rings. The third-order valence-electron chi connectivity index (χ3n) is 3.39. The first-order valence-electron chi connectivity index (χ1n) is 6.75. The van der Waals surface area contributed by atoms with Gasteiger partial charge in [0.05, 0.1) is 24.1 Å². The molecule has 0 fully saturated rings. The van der Waals surface area contributed by atoms with Crippen molar-refractivity contribution in [2.24, 2.45) is 11.8 Å². The van der Waals surface area contributed by atoms with Crippen molar-refractivity contribution in [3.8, 4) is 5.75 Å². The van der Waals surface area contributed by atoms with Crippen molar-refractivity contribution in [2.75, 3.05) is 12.4 Å².